The highest BCUT2D eigenvalue weighted by molar-refractivity contribution is 7.13. The van der Waals surface area contributed by atoms with Crippen molar-refractivity contribution < 1.29 is 0 Å². The van der Waals surface area contributed by atoms with Crippen molar-refractivity contribution in [3.8, 4) is 10.4 Å². The van der Waals surface area contributed by atoms with Crippen LogP contribution in [0.3, 0.4) is 0 Å². The fraction of sp³-hybridized carbons (Fsp3) is 0.476. The maximum absolute atomic E-state index is 4.64. The van der Waals surface area contributed by atoms with Crippen molar-refractivity contribution in [2.24, 2.45) is 5.92 Å². The van der Waals surface area contributed by atoms with Crippen LogP contribution in [-0.4, -0.2) is 35.6 Å². The van der Waals surface area contributed by atoms with Crippen LogP contribution in [0.4, 0.5) is 5.82 Å². The fourth-order valence-electron chi connectivity index (χ4n) is 4.39. The summed E-state index contributed by atoms with van der Waals surface area (Å²) in [6.45, 7) is 3.75. The van der Waals surface area contributed by atoms with Crippen molar-refractivity contribution in [1.29, 1.82) is 0 Å². The summed E-state index contributed by atoms with van der Waals surface area (Å²) < 4.78 is 0. The van der Waals surface area contributed by atoms with Gasteiger partial charge in [-0.3, -0.25) is 0 Å². The summed E-state index contributed by atoms with van der Waals surface area (Å²) in [5.74, 6) is 3.05. The molecular weight excluding hydrogens is 340 g/mol. The lowest BCUT2D eigenvalue weighted by Crippen LogP contribution is -2.56. The van der Waals surface area contributed by atoms with Crippen LogP contribution in [0.15, 0.2) is 47.2 Å². The van der Waals surface area contributed by atoms with Gasteiger partial charge >= 0.3 is 0 Å². The molecule has 3 saturated heterocycles. The van der Waals surface area contributed by atoms with Crippen LogP contribution >= 0.6 is 11.3 Å². The number of nitrogens with zero attached hydrogens (tertiary/aromatic N) is 2. The number of benzene rings is 1. The van der Waals surface area contributed by atoms with Gasteiger partial charge in [-0.25, -0.2) is 4.98 Å². The minimum absolute atomic E-state index is 0.576. The van der Waals surface area contributed by atoms with Gasteiger partial charge in [-0.2, -0.15) is 0 Å². The van der Waals surface area contributed by atoms with Gasteiger partial charge in [0.05, 0.1) is 10.4 Å². The minimum atomic E-state index is 0.576. The van der Waals surface area contributed by atoms with Gasteiger partial charge < -0.3 is 15.5 Å². The second kappa shape index (κ2) is 7.05. The number of hydrogen-bond donors (Lipinski definition) is 2. The Morgan fingerprint density at radius 3 is 2.58 bits per heavy atom. The van der Waals surface area contributed by atoms with Crippen molar-refractivity contribution in [3.63, 3.8) is 0 Å². The molecule has 0 amide bonds. The first-order valence-corrected chi connectivity index (χ1v) is 10.7. The number of rotatable bonds is 5. The Morgan fingerprint density at radius 1 is 1.12 bits per heavy atom. The van der Waals surface area contributed by atoms with E-state index in [2.05, 4.69) is 50.8 Å². The Bertz CT molecular complexity index is 783. The maximum Gasteiger partial charge on any atom is 0.150 e. The molecule has 4 heterocycles. The number of piperidine rings is 3. The maximum atomic E-state index is 4.64. The lowest BCUT2D eigenvalue weighted by Gasteiger charge is -2.46. The van der Waals surface area contributed by atoms with E-state index in [1.807, 2.05) is 5.51 Å². The molecule has 5 heteroatoms. The number of nitrogens with one attached hydrogen (secondary N) is 2. The highest BCUT2D eigenvalue weighted by atomic mass is 32.1. The molecule has 4 nitrogen and oxygen atoms in total. The van der Waals surface area contributed by atoms with Gasteiger partial charge in [0.2, 0.25) is 0 Å². The quantitative estimate of drug-likeness (QED) is 0.828. The third kappa shape index (κ3) is 3.14. The highest BCUT2D eigenvalue weighted by Gasteiger charge is 2.35. The van der Waals surface area contributed by atoms with Crippen LogP contribution in [0.1, 0.15) is 32.1 Å². The molecule has 2 bridgehead atoms. The Balaban J connectivity index is 1.38. The van der Waals surface area contributed by atoms with E-state index in [1.165, 1.54) is 73.6 Å². The monoisotopic (exact) mass is 366 g/mol. The van der Waals surface area contributed by atoms with Crippen LogP contribution in [0.5, 0.6) is 0 Å². The number of hydrogen-bond acceptors (Lipinski definition) is 5. The SMILES string of the molecule is c1ccc(-c2scnc2NC(NC2CN3CCC2CC3)=C2CCC2)cc1. The molecule has 2 N–H and O–H groups in total. The van der Waals surface area contributed by atoms with Crippen molar-refractivity contribution >= 4 is 17.2 Å². The molecule has 0 spiro atoms. The lowest BCUT2D eigenvalue weighted by molar-refractivity contribution is 0.0771. The van der Waals surface area contributed by atoms with Crippen LogP contribution in [0.2, 0.25) is 0 Å². The highest BCUT2D eigenvalue weighted by Crippen LogP contribution is 2.35. The van der Waals surface area contributed by atoms with Gasteiger partial charge in [0.1, 0.15) is 11.6 Å². The van der Waals surface area contributed by atoms with E-state index in [0.717, 1.165) is 11.7 Å². The summed E-state index contributed by atoms with van der Waals surface area (Å²) in [6.07, 6.45) is 6.41. The van der Waals surface area contributed by atoms with E-state index >= 15 is 0 Å². The smallest absolute Gasteiger partial charge is 0.150 e. The van der Waals surface area contributed by atoms with E-state index in [9.17, 15) is 0 Å². The third-order valence-electron chi connectivity index (χ3n) is 6.14. The molecule has 1 aromatic carbocycles. The molecule has 1 unspecified atom stereocenters. The van der Waals surface area contributed by atoms with Gasteiger partial charge in [0.25, 0.3) is 0 Å². The van der Waals surface area contributed by atoms with Crippen molar-refractivity contribution in [2.45, 2.75) is 38.1 Å². The normalized spacial score (nSPS) is 27.1. The zero-order chi connectivity index (χ0) is 17.3. The van der Waals surface area contributed by atoms with Crippen LogP contribution in [-0.2, 0) is 0 Å². The van der Waals surface area contributed by atoms with Gasteiger partial charge in [0.15, 0.2) is 0 Å². The number of anilines is 1. The van der Waals surface area contributed by atoms with E-state index < -0.39 is 0 Å². The van der Waals surface area contributed by atoms with Gasteiger partial charge in [-0.1, -0.05) is 30.3 Å². The summed E-state index contributed by atoms with van der Waals surface area (Å²) in [5.41, 5.74) is 4.72. The second-order valence-corrected chi connectivity index (χ2v) is 8.60. The predicted octanol–water partition coefficient (Wildman–Crippen LogP) is 4.30. The van der Waals surface area contributed by atoms with Gasteiger partial charge in [-0.15, -0.1) is 11.3 Å². The fourth-order valence-corrected chi connectivity index (χ4v) is 5.14. The summed E-state index contributed by atoms with van der Waals surface area (Å²) in [7, 11) is 0. The molecule has 4 fully saturated rings. The number of allylic oxidation sites excluding steroid dienone is 1. The number of fused-ring (bicyclic) bond motifs is 3. The van der Waals surface area contributed by atoms with Crippen molar-refractivity contribution in [2.75, 3.05) is 25.0 Å². The molecule has 3 aliphatic heterocycles. The van der Waals surface area contributed by atoms with E-state index in [1.54, 1.807) is 11.3 Å². The Labute approximate surface area is 159 Å². The molecule has 1 aromatic heterocycles. The third-order valence-corrected chi connectivity index (χ3v) is 7.02. The molecule has 1 aliphatic carbocycles. The van der Waals surface area contributed by atoms with E-state index in [0.29, 0.717) is 6.04 Å². The first-order chi connectivity index (χ1) is 12.9. The average molecular weight is 367 g/mol. The Kier molecular flexibility index (Phi) is 4.43. The molecule has 4 aliphatic rings. The second-order valence-electron chi connectivity index (χ2n) is 7.74. The first kappa shape index (κ1) is 16.3. The molecule has 1 saturated carbocycles. The van der Waals surface area contributed by atoms with Gasteiger partial charge in [0, 0.05) is 12.6 Å². The minimum Gasteiger partial charge on any atom is -0.367 e. The topological polar surface area (TPSA) is 40.2 Å². The van der Waals surface area contributed by atoms with E-state index in [-0.39, 0.29) is 0 Å². The van der Waals surface area contributed by atoms with Crippen molar-refractivity contribution in [3.05, 3.63) is 47.2 Å². The molecule has 26 heavy (non-hydrogen) atoms. The summed E-state index contributed by atoms with van der Waals surface area (Å²) in [5, 5.41) is 7.58. The van der Waals surface area contributed by atoms with E-state index in [4.69, 9.17) is 0 Å². The first-order valence-electron chi connectivity index (χ1n) is 9.83. The molecule has 1 atom stereocenters. The number of thiazole rings is 1. The van der Waals surface area contributed by atoms with Crippen LogP contribution in [0.25, 0.3) is 10.4 Å². The molecule has 2 aromatic rings. The number of aromatic nitrogens is 1. The summed E-state index contributed by atoms with van der Waals surface area (Å²) >= 11 is 1.71. The standard InChI is InChI=1S/C21H26N4S/c1-2-5-16(6-3-1)19-21(22-14-26-19)24-20(17-7-4-8-17)23-18-13-25-11-9-15(18)10-12-25/h1-3,5-6,14-15,18,23-24H,4,7-13H2. The molecule has 0 radical (unpaired) electrons. The Morgan fingerprint density at radius 2 is 1.92 bits per heavy atom. The largest absolute Gasteiger partial charge is 0.367 e. The predicted molar refractivity (Wildman–Crippen MR) is 108 cm³/mol. The zero-order valence-corrected chi connectivity index (χ0v) is 15.9. The van der Waals surface area contributed by atoms with Crippen molar-refractivity contribution in [1.82, 2.24) is 15.2 Å². The molecule has 6 rings (SSSR count). The molecular formula is C21H26N4S. The van der Waals surface area contributed by atoms with Crippen LogP contribution in [0, 0.1) is 5.92 Å². The lowest BCUT2D eigenvalue weighted by atomic mass is 9.83. The summed E-state index contributed by atoms with van der Waals surface area (Å²) in [4.78, 5) is 8.47. The Hall–Kier alpha value is -1.85. The summed E-state index contributed by atoms with van der Waals surface area (Å²) in [6, 6.07) is 11.2. The van der Waals surface area contributed by atoms with Gasteiger partial charge in [-0.05, 0) is 62.2 Å². The average Bonchev–Trinajstić information content (AvgIpc) is 3.10. The zero-order valence-electron chi connectivity index (χ0n) is 15.1. The molecule has 136 valence electrons. The van der Waals surface area contributed by atoms with Crippen LogP contribution < -0.4 is 10.6 Å².